The molecule has 5 rings (SSSR count). The molecule has 0 fully saturated rings. The number of halogens is 4. The predicted octanol–water partition coefficient (Wildman–Crippen LogP) is 6.67. The van der Waals surface area contributed by atoms with Crippen LogP contribution < -0.4 is 5.32 Å². The number of carbonyl (C=O) groups excluding carboxylic acids is 1. The third-order valence-corrected chi connectivity index (χ3v) is 5.79. The van der Waals surface area contributed by atoms with Gasteiger partial charge in [0.25, 0.3) is 0 Å². The van der Waals surface area contributed by atoms with Gasteiger partial charge in [0, 0.05) is 22.5 Å². The summed E-state index contributed by atoms with van der Waals surface area (Å²) in [6.45, 7) is 0.158. The van der Waals surface area contributed by atoms with Crippen LogP contribution in [0.1, 0.15) is 16.8 Å². The van der Waals surface area contributed by atoms with Gasteiger partial charge in [-0.3, -0.25) is 9.78 Å². The number of benzene rings is 3. The van der Waals surface area contributed by atoms with Crippen molar-refractivity contribution in [2.45, 2.75) is 12.7 Å². The van der Waals surface area contributed by atoms with E-state index < -0.39 is 17.6 Å². The summed E-state index contributed by atoms with van der Waals surface area (Å²) in [4.78, 5) is 16.7. The van der Waals surface area contributed by atoms with Crippen molar-refractivity contribution >= 4 is 33.8 Å². The highest BCUT2D eigenvalue weighted by Gasteiger charge is 2.29. The Morgan fingerprint density at radius 3 is 2.44 bits per heavy atom. The molecule has 180 valence electrons. The fraction of sp³-hybridized carbons (Fsp3) is 0.0714. The molecule has 2 heterocycles. The molecule has 0 unspecified atom stereocenters. The molecule has 0 aliphatic heterocycles. The molecule has 36 heavy (non-hydrogen) atoms. The number of aromatic nitrogens is 2. The van der Waals surface area contributed by atoms with E-state index in [9.17, 15) is 22.4 Å². The molecule has 5 aromatic rings. The zero-order valence-corrected chi connectivity index (χ0v) is 18.8. The molecule has 0 bridgehead atoms. The lowest BCUT2D eigenvalue weighted by Gasteiger charge is -2.08. The number of hydrogen-bond acceptors (Lipinski definition) is 2. The van der Waals surface area contributed by atoms with E-state index in [-0.39, 0.29) is 12.4 Å². The molecular formula is C28H19F4N3O. The molecule has 4 nitrogen and oxygen atoms in total. The van der Waals surface area contributed by atoms with Gasteiger partial charge >= 0.3 is 6.18 Å². The minimum absolute atomic E-state index is 0.158. The van der Waals surface area contributed by atoms with Crippen LogP contribution in [0.2, 0.25) is 0 Å². The fourth-order valence-corrected chi connectivity index (χ4v) is 4.09. The summed E-state index contributed by atoms with van der Waals surface area (Å²) in [5.41, 5.74) is 2.74. The van der Waals surface area contributed by atoms with Gasteiger partial charge in [0.15, 0.2) is 0 Å². The standard InChI is InChI=1S/C28H19F4N3O/c29-20-4-3-5-22(14-20)35-25-7-2-1-6-23(25)24-15-21(33-17-26(24)35)16-34-27(36)13-10-18-8-11-19(12-9-18)28(30,31)32/h1-15,17H,16H2,(H,34,36)/b13-10+. The van der Waals surface area contributed by atoms with E-state index in [1.165, 1.54) is 36.4 Å². The van der Waals surface area contributed by atoms with Crippen LogP contribution in [0.4, 0.5) is 17.6 Å². The van der Waals surface area contributed by atoms with E-state index in [0.717, 1.165) is 33.9 Å². The summed E-state index contributed by atoms with van der Waals surface area (Å²) in [5, 5.41) is 4.62. The highest BCUT2D eigenvalue weighted by atomic mass is 19.4. The van der Waals surface area contributed by atoms with E-state index in [2.05, 4.69) is 10.3 Å². The Morgan fingerprint density at radius 1 is 0.917 bits per heavy atom. The van der Waals surface area contributed by atoms with Crippen LogP contribution in [0.25, 0.3) is 33.6 Å². The maximum Gasteiger partial charge on any atom is 0.416 e. The molecule has 0 spiro atoms. The second-order valence-corrected chi connectivity index (χ2v) is 8.20. The van der Waals surface area contributed by atoms with Gasteiger partial charge in [0.2, 0.25) is 5.91 Å². The molecule has 0 aliphatic carbocycles. The van der Waals surface area contributed by atoms with Crippen LogP contribution in [0, 0.1) is 5.82 Å². The molecule has 1 amide bonds. The van der Waals surface area contributed by atoms with Gasteiger partial charge in [-0.15, -0.1) is 0 Å². The fourth-order valence-electron chi connectivity index (χ4n) is 4.09. The van der Waals surface area contributed by atoms with Gasteiger partial charge in [0.1, 0.15) is 5.82 Å². The zero-order chi connectivity index (χ0) is 25.3. The minimum atomic E-state index is -4.41. The van der Waals surface area contributed by atoms with Crippen molar-refractivity contribution in [1.29, 1.82) is 0 Å². The average Bonchev–Trinajstić information content (AvgIpc) is 3.20. The number of para-hydroxylation sites is 1. The highest BCUT2D eigenvalue weighted by molar-refractivity contribution is 6.09. The first-order valence-electron chi connectivity index (χ1n) is 11.1. The molecule has 0 radical (unpaired) electrons. The van der Waals surface area contributed by atoms with Crippen molar-refractivity contribution < 1.29 is 22.4 Å². The Bertz CT molecular complexity index is 1600. The normalized spacial score (nSPS) is 12.0. The number of amides is 1. The van der Waals surface area contributed by atoms with Crippen molar-refractivity contribution in [3.8, 4) is 5.69 Å². The van der Waals surface area contributed by atoms with Crippen molar-refractivity contribution in [3.05, 3.63) is 114 Å². The van der Waals surface area contributed by atoms with Crippen LogP contribution in [0.3, 0.4) is 0 Å². The van der Waals surface area contributed by atoms with E-state index in [1.54, 1.807) is 12.3 Å². The van der Waals surface area contributed by atoms with Crippen molar-refractivity contribution in [2.75, 3.05) is 0 Å². The van der Waals surface area contributed by atoms with E-state index in [0.29, 0.717) is 16.9 Å². The molecule has 3 aromatic carbocycles. The van der Waals surface area contributed by atoms with Crippen LogP contribution in [-0.2, 0) is 17.5 Å². The summed E-state index contributed by atoms with van der Waals surface area (Å²) >= 11 is 0. The van der Waals surface area contributed by atoms with Crippen molar-refractivity contribution in [1.82, 2.24) is 14.9 Å². The van der Waals surface area contributed by atoms with E-state index in [1.807, 2.05) is 41.0 Å². The van der Waals surface area contributed by atoms with Gasteiger partial charge in [-0.1, -0.05) is 36.4 Å². The lowest BCUT2D eigenvalue weighted by molar-refractivity contribution is -0.137. The Morgan fingerprint density at radius 2 is 1.69 bits per heavy atom. The SMILES string of the molecule is O=C(/C=C/c1ccc(C(F)(F)F)cc1)NCc1cc2c3ccccc3n(-c3cccc(F)c3)c2cn1. The summed E-state index contributed by atoms with van der Waals surface area (Å²) in [5.74, 6) is -0.742. The second-order valence-electron chi connectivity index (χ2n) is 8.20. The third kappa shape index (κ3) is 4.70. The first kappa shape index (κ1) is 23.3. The average molecular weight is 489 g/mol. The monoisotopic (exact) mass is 489 g/mol. The quantitative estimate of drug-likeness (QED) is 0.222. The second kappa shape index (κ2) is 9.30. The summed E-state index contributed by atoms with van der Waals surface area (Å²) in [6, 6.07) is 20.5. The zero-order valence-electron chi connectivity index (χ0n) is 18.8. The van der Waals surface area contributed by atoms with Gasteiger partial charge < -0.3 is 9.88 Å². The topological polar surface area (TPSA) is 46.9 Å². The first-order chi connectivity index (χ1) is 17.3. The summed E-state index contributed by atoms with van der Waals surface area (Å²) in [7, 11) is 0. The van der Waals surface area contributed by atoms with Crippen molar-refractivity contribution in [3.63, 3.8) is 0 Å². The minimum Gasteiger partial charge on any atom is -0.347 e. The van der Waals surface area contributed by atoms with Gasteiger partial charge in [0.05, 0.1) is 35.0 Å². The largest absolute Gasteiger partial charge is 0.416 e. The van der Waals surface area contributed by atoms with E-state index in [4.69, 9.17) is 0 Å². The summed E-state index contributed by atoms with van der Waals surface area (Å²) < 4.78 is 53.9. The Labute approximate surface area is 203 Å². The number of carbonyl (C=O) groups is 1. The van der Waals surface area contributed by atoms with Crippen molar-refractivity contribution in [2.24, 2.45) is 0 Å². The van der Waals surface area contributed by atoms with Gasteiger partial charge in [-0.25, -0.2) is 4.39 Å². The molecule has 0 atom stereocenters. The Kier molecular flexibility index (Phi) is 6.01. The Balaban J connectivity index is 1.36. The number of rotatable bonds is 5. The smallest absolute Gasteiger partial charge is 0.347 e. The maximum atomic E-state index is 13.9. The number of nitrogens with one attached hydrogen (secondary N) is 1. The molecule has 1 N–H and O–H groups in total. The molecule has 0 aliphatic rings. The highest BCUT2D eigenvalue weighted by Crippen LogP contribution is 2.32. The Hall–Kier alpha value is -4.46. The van der Waals surface area contributed by atoms with Crippen LogP contribution >= 0.6 is 0 Å². The van der Waals surface area contributed by atoms with E-state index >= 15 is 0 Å². The van der Waals surface area contributed by atoms with Gasteiger partial charge in [-0.05, 0) is 54.1 Å². The third-order valence-electron chi connectivity index (χ3n) is 5.79. The molecule has 0 saturated carbocycles. The lowest BCUT2D eigenvalue weighted by atomic mass is 10.1. The number of fused-ring (bicyclic) bond motifs is 3. The number of nitrogens with zero attached hydrogens (tertiary/aromatic N) is 2. The van der Waals surface area contributed by atoms with Crippen LogP contribution in [0.15, 0.2) is 91.1 Å². The first-order valence-corrected chi connectivity index (χ1v) is 11.1. The lowest BCUT2D eigenvalue weighted by Crippen LogP contribution is -2.20. The molecule has 8 heteroatoms. The number of hydrogen-bond donors (Lipinski definition) is 1. The molecule has 0 saturated heterocycles. The van der Waals surface area contributed by atoms with Crippen LogP contribution in [-0.4, -0.2) is 15.5 Å². The predicted molar refractivity (Wildman–Crippen MR) is 131 cm³/mol. The van der Waals surface area contributed by atoms with Crippen LogP contribution in [0.5, 0.6) is 0 Å². The molecular weight excluding hydrogens is 470 g/mol. The van der Waals surface area contributed by atoms with Gasteiger partial charge in [-0.2, -0.15) is 13.2 Å². The number of pyridine rings is 1. The maximum absolute atomic E-state index is 13.9. The summed E-state index contributed by atoms with van der Waals surface area (Å²) in [6.07, 6.45) is -0.00719. The molecule has 2 aromatic heterocycles. The number of alkyl halides is 3.